The van der Waals surface area contributed by atoms with Gasteiger partial charge in [0.15, 0.2) is 0 Å². The lowest BCUT2D eigenvalue weighted by Crippen LogP contribution is -1.95. The number of allylic oxidation sites excluding steroid dienone is 3. The number of nitrogens with zero attached hydrogens (tertiary/aromatic N) is 1. The summed E-state index contributed by atoms with van der Waals surface area (Å²) in [5, 5.41) is 19.0. The van der Waals surface area contributed by atoms with Gasteiger partial charge in [0, 0.05) is 0 Å². The Hall–Kier alpha value is -1.85. The minimum atomic E-state index is -0.550. The number of hydrogen-bond acceptors (Lipinski definition) is 2. The van der Waals surface area contributed by atoms with Crippen LogP contribution in [0.5, 0.6) is 0 Å². The molecule has 0 bridgehead atoms. The lowest BCUT2D eigenvalue weighted by Gasteiger charge is -2.07. The highest BCUT2D eigenvalue weighted by Gasteiger charge is 2.05. The van der Waals surface area contributed by atoms with Crippen molar-refractivity contribution < 1.29 is 5.11 Å². The number of benzene rings is 1. The molecule has 0 radical (unpaired) electrons. The minimum absolute atomic E-state index is 0.550. The Labute approximate surface area is 147 Å². The second kappa shape index (κ2) is 13.6. The van der Waals surface area contributed by atoms with Gasteiger partial charge in [-0.25, -0.2) is 0 Å². The van der Waals surface area contributed by atoms with E-state index in [0.717, 1.165) is 12.0 Å². The van der Waals surface area contributed by atoms with Crippen LogP contribution in [0.15, 0.2) is 48.6 Å². The molecule has 0 saturated heterocycles. The van der Waals surface area contributed by atoms with E-state index in [4.69, 9.17) is 5.26 Å². The predicted octanol–water partition coefficient (Wildman–Crippen LogP) is 6.23. The van der Waals surface area contributed by atoms with Gasteiger partial charge in [0.1, 0.15) is 0 Å². The van der Waals surface area contributed by atoms with Gasteiger partial charge in [0.05, 0.1) is 17.7 Å². The van der Waals surface area contributed by atoms with Gasteiger partial charge >= 0.3 is 0 Å². The molecule has 24 heavy (non-hydrogen) atoms. The van der Waals surface area contributed by atoms with Gasteiger partial charge in [0.25, 0.3) is 0 Å². The van der Waals surface area contributed by atoms with Crippen LogP contribution < -0.4 is 0 Å². The van der Waals surface area contributed by atoms with Gasteiger partial charge in [-0.3, -0.25) is 0 Å². The van der Waals surface area contributed by atoms with Crippen LogP contribution in [0.4, 0.5) is 0 Å². The zero-order valence-electron chi connectivity index (χ0n) is 15.0. The highest BCUT2D eigenvalue weighted by molar-refractivity contribution is 5.33. The van der Waals surface area contributed by atoms with E-state index in [1.807, 2.05) is 24.3 Å². The fraction of sp³-hybridized carbons (Fsp3) is 0.500. The summed E-state index contributed by atoms with van der Waals surface area (Å²) >= 11 is 0. The number of rotatable bonds is 12. The molecule has 0 amide bonds. The summed E-state index contributed by atoms with van der Waals surface area (Å²) in [5.41, 5.74) is 1.39. The van der Waals surface area contributed by atoms with Crippen LogP contribution in [0.3, 0.4) is 0 Å². The predicted molar refractivity (Wildman–Crippen MR) is 102 cm³/mol. The quantitative estimate of drug-likeness (QED) is 0.365. The number of aliphatic hydroxyl groups is 1. The summed E-state index contributed by atoms with van der Waals surface area (Å²) < 4.78 is 0. The average Bonchev–Trinajstić information content (AvgIpc) is 2.62. The molecule has 2 nitrogen and oxygen atoms in total. The molecular formula is C22H31NO. The molecule has 0 fully saturated rings. The molecule has 1 N–H and O–H groups in total. The minimum Gasteiger partial charge on any atom is -0.388 e. The molecule has 1 aromatic carbocycles. The highest BCUT2D eigenvalue weighted by Crippen LogP contribution is 2.18. The number of hydrogen-bond donors (Lipinski definition) is 1. The van der Waals surface area contributed by atoms with Crippen LogP contribution >= 0.6 is 0 Å². The highest BCUT2D eigenvalue weighted by atomic mass is 16.3. The van der Waals surface area contributed by atoms with E-state index in [0.29, 0.717) is 12.0 Å². The molecule has 130 valence electrons. The van der Waals surface area contributed by atoms with Gasteiger partial charge in [-0.15, -0.1) is 0 Å². The van der Waals surface area contributed by atoms with Crippen molar-refractivity contribution in [1.29, 1.82) is 5.26 Å². The average molecular weight is 325 g/mol. The normalized spacial score (nSPS) is 12.7. The van der Waals surface area contributed by atoms with Crippen molar-refractivity contribution in [3.63, 3.8) is 0 Å². The van der Waals surface area contributed by atoms with E-state index >= 15 is 0 Å². The number of nitriles is 1. The second-order valence-electron chi connectivity index (χ2n) is 6.26. The Morgan fingerprint density at radius 2 is 1.75 bits per heavy atom. The molecule has 0 saturated carbocycles. The Bertz CT molecular complexity index is 539. The Morgan fingerprint density at radius 3 is 2.50 bits per heavy atom. The summed E-state index contributed by atoms with van der Waals surface area (Å²) in [5.74, 6) is 0. The van der Waals surface area contributed by atoms with Crippen LogP contribution in [0.25, 0.3) is 0 Å². The Kier molecular flexibility index (Phi) is 11.4. The summed E-state index contributed by atoms with van der Waals surface area (Å²) in [7, 11) is 0. The van der Waals surface area contributed by atoms with E-state index in [-0.39, 0.29) is 0 Å². The van der Waals surface area contributed by atoms with Crippen LogP contribution in [-0.4, -0.2) is 5.11 Å². The molecule has 1 aromatic rings. The standard InChI is InChI=1S/C22H31NO/c1-2-3-4-5-6-7-8-9-10-11-12-13-17-22(24)21-16-14-15-20(18-21)19-23/h10-16,18,22,24H,2-9,17H2,1H3/b11-10-,13-12+. The maximum atomic E-state index is 10.1. The largest absolute Gasteiger partial charge is 0.388 e. The third-order valence-electron chi connectivity index (χ3n) is 4.12. The first kappa shape index (κ1) is 20.2. The lowest BCUT2D eigenvalue weighted by molar-refractivity contribution is 0.181. The monoisotopic (exact) mass is 325 g/mol. The molecule has 0 aliphatic heterocycles. The molecule has 0 aliphatic rings. The van der Waals surface area contributed by atoms with E-state index in [1.165, 1.54) is 44.9 Å². The van der Waals surface area contributed by atoms with E-state index in [1.54, 1.807) is 12.1 Å². The third kappa shape index (κ3) is 9.33. The molecule has 1 rings (SSSR count). The van der Waals surface area contributed by atoms with Gasteiger partial charge < -0.3 is 5.11 Å². The Morgan fingerprint density at radius 1 is 1.04 bits per heavy atom. The van der Waals surface area contributed by atoms with Crippen LogP contribution in [0.1, 0.15) is 81.9 Å². The van der Waals surface area contributed by atoms with Crippen molar-refractivity contribution in [2.75, 3.05) is 0 Å². The maximum Gasteiger partial charge on any atom is 0.0991 e. The zero-order valence-corrected chi connectivity index (χ0v) is 15.0. The SMILES string of the molecule is CCCCCCCCC/C=C\C=C\CC(O)c1cccc(C#N)c1. The number of unbranched alkanes of at least 4 members (excludes halogenated alkanes) is 7. The first-order valence-corrected chi connectivity index (χ1v) is 9.27. The van der Waals surface area contributed by atoms with Gasteiger partial charge in [-0.2, -0.15) is 5.26 Å². The molecule has 0 aliphatic carbocycles. The smallest absolute Gasteiger partial charge is 0.0991 e. The molecule has 2 heteroatoms. The molecule has 1 unspecified atom stereocenters. The fourth-order valence-electron chi connectivity index (χ4n) is 2.63. The van der Waals surface area contributed by atoms with Crippen molar-refractivity contribution in [1.82, 2.24) is 0 Å². The van der Waals surface area contributed by atoms with E-state index in [2.05, 4.69) is 25.1 Å². The van der Waals surface area contributed by atoms with Gasteiger partial charge in [-0.05, 0) is 37.0 Å². The summed E-state index contributed by atoms with van der Waals surface area (Å²) in [4.78, 5) is 0. The Balaban J connectivity index is 2.13. The van der Waals surface area contributed by atoms with E-state index < -0.39 is 6.10 Å². The fourth-order valence-corrected chi connectivity index (χ4v) is 2.63. The summed E-state index contributed by atoms with van der Waals surface area (Å²) in [6, 6.07) is 9.26. The van der Waals surface area contributed by atoms with Crippen molar-refractivity contribution in [2.24, 2.45) is 0 Å². The molecular weight excluding hydrogens is 294 g/mol. The maximum absolute atomic E-state index is 10.1. The first-order valence-electron chi connectivity index (χ1n) is 9.27. The topological polar surface area (TPSA) is 44.0 Å². The van der Waals surface area contributed by atoms with Crippen molar-refractivity contribution in [3.8, 4) is 6.07 Å². The molecule has 0 aromatic heterocycles. The van der Waals surface area contributed by atoms with Crippen molar-refractivity contribution in [3.05, 3.63) is 59.7 Å². The van der Waals surface area contributed by atoms with Crippen LogP contribution in [0.2, 0.25) is 0 Å². The molecule has 1 atom stereocenters. The van der Waals surface area contributed by atoms with Crippen molar-refractivity contribution in [2.45, 2.75) is 70.8 Å². The van der Waals surface area contributed by atoms with E-state index in [9.17, 15) is 5.11 Å². The van der Waals surface area contributed by atoms with Crippen molar-refractivity contribution >= 4 is 0 Å². The van der Waals surface area contributed by atoms with Crippen LogP contribution in [0, 0.1) is 11.3 Å². The molecule has 0 heterocycles. The van der Waals surface area contributed by atoms with Gasteiger partial charge in [0.2, 0.25) is 0 Å². The van der Waals surface area contributed by atoms with Crippen LogP contribution in [-0.2, 0) is 0 Å². The zero-order chi connectivity index (χ0) is 17.5. The lowest BCUT2D eigenvalue weighted by atomic mass is 10.0. The summed E-state index contributed by atoms with van der Waals surface area (Å²) in [6.07, 6.45) is 18.8. The second-order valence-corrected chi connectivity index (χ2v) is 6.26. The molecule has 0 spiro atoms. The third-order valence-corrected chi connectivity index (χ3v) is 4.12. The number of aliphatic hydroxyl groups excluding tert-OH is 1. The van der Waals surface area contributed by atoms with Gasteiger partial charge in [-0.1, -0.05) is 81.9 Å². The summed E-state index contributed by atoms with van der Waals surface area (Å²) in [6.45, 7) is 2.25. The first-order chi connectivity index (χ1) is 11.8.